The molecule has 1 N–H and O–H groups in total. The Morgan fingerprint density at radius 1 is 0.854 bits per heavy atom. The van der Waals surface area contributed by atoms with E-state index in [0.717, 1.165) is 5.69 Å². The molecule has 9 nitrogen and oxygen atoms in total. The number of carbonyl (C=O) groups excluding carboxylic acids is 3. The molecule has 3 aromatic rings. The van der Waals surface area contributed by atoms with Gasteiger partial charge < -0.3 is 9.80 Å². The molecule has 210 valence electrons. The number of sulfonamides is 1. The molecule has 3 amide bonds. The number of amides is 3. The maximum Gasteiger partial charge on any atom is 0.290 e. The van der Waals surface area contributed by atoms with Gasteiger partial charge in [0, 0.05) is 37.4 Å². The number of rotatable bonds is 5. The van der Waals surface area contributed by atoms with Gasteiger partial charge in [0.2, 0.25) is 10.0 Å². The highest BCUT2D eigenvalue weighted by molar-refractivity contribution is 8.18. The summed E-state index contributed by atoms with van der Waals surface area (Å²) in [4.78, 5) is 41.8. The van der Waals surface area contributed by atoms with E-state index in [1.54, 1.807) is 24.3 Å². The molecule has 0 aliphatic carbocycles. The second-order valence-electron chi connectivity index (χ2n) is 9.59. The number of piperazine rings is 1. The Balaban J connectivity index is 1.35. The number of nitrogens with zero attached hydrogens (tertiary/aromatic N) is 3. The highest BCUT2D eigenvalue weighted by atomic mass is 35.5. The Morgan fingerprint density at radius 3 is 2.24 bits per heavy atom. The van der Waals surface area contributed by atoms with Crippen LogP contribution in [0.3, 0.4) is 0 Å². The van der Waals surface area contributed by atoms with Gasteiger partial charge in [-0.3, -0.25) is 19.7 Å². The van der Waals surface area contributed by atoms with Gasteiger partial charge >= 0.3 is 0 Å². The normalized spacial score (nSPS) is 19.6. The molecule has 6 rings (SSSR count). The van der Waals surface area contributed by atoms with Gasteiger partial charge in [0.1, 0.15) is 0 Å². The summed E-state index contributed by atoms with van der Waals surface area (Å²) in [5, 5.41) is 2.26. The van der Waals surface area contributed by atoms with Crippen LogP contribution in [0.5, 0.6) is 0 Å². The van der Waals surface area contributed by atoms with Crippen molar-refractivity contribution in [3.8, 4) is 0 Å². The van der Waals surface area contributed by atoms with Gasteiger partial charge in [0.25, 0.3) is 17.1 Å². The molecular weight excluding hydrogens is 607 g/mol. The number of halogens is 2. The first kappa shape index (κ1) is 27.8. The van der Waals surface area contributed by atoms with E-state index in [9.17, 15) is 22.8 Å². The lowest BCUT2D eigenvalue weighted by atomic mass is 10.1. The highest BCUT2D eigenvalue weighted by Gasteiger charge is 2.41. The Hall–Kier alpha value is -3.35. The zero-order valence-corrected chi connectivity index (χ0v) is 24.5. The molecule has 3 aliphatic heterocycles. The number of benzene rings is 3. The molecule has 2 saturated heterocycles. The number of hydrogen-bond acceptors (Lipinski definition) is 7. The average molecular weight is 630 g/mol. The number of para-hydroxylation sites is 1. The third kappa shape index (κ3) is 5.13. The third-order valence-corrected chi connectivity index (χ3v) is 10.7. The lowest BCUT2D eigenvalue weighted by molar-refractivity contribution is -0.116. The molecule has 2 fully saturated rings. The van der Waals surface area contributed by atoms with Crippen molar-refractivity contribution in [1.29, 1.82) is 0 Å². The van der Waals surface area contributed by atoms with Gasteiger partial charge in [0.15, 0.2) is 0 Å². The Kier molecular flexibility index (Phi) is 7.33. The number of thioether (sulfide) groups is 1. The summed E-state index contributed by atoms with van der Waals surface area (Å²) in [6, 6.07) is 19.2. The second kappa shape index (κ2) is 10.8. The zero-order chi connectivity index (χ0) is 28.9. The molecule has 0 saturated carbocycles. The summed E-state index contributed by atoms with van der Waals surface area (Å²) in [6.45, 7) is 1.72. The topological polar surface area (TPSA) is 107 Å². The molecule has 41 heavy (non-hydrogen) atoms. The minimum absolute atomic E-state index is 0.00132. The van der Waals surface area contributed by atoms with E-state index in [-0.39, 0.29) is 40.6 Å². The van der Waals surface area contributed by atoms with Crippen LogP contribution in [0.25, 0.3) is 5.57 Å². The summed E-state index contributed by atoms with van der Waals surface area (Å²) in [6.07, 6.45) is 0. The van der Waals surface area contributed by atoms with E-state index in [2.05, 4.69) is 10.2 Å². The van der Waals surface area contributed by atoms with Crippen LogP contribution in [0.15, 0.2) is 76.5 Å². The van der Waals surface area contributed by atoms with E-state index in [1.165, 1.54) is 21.3 Å². The Labute approximate surface area is 250 Å². The van der Waals surface area contributed by atoms with Crippen LogP contribution in [0, 0.1) is 0 Å². The number of imide groups is 1. The largest absolute Gasteiger partial charge is 0.369 e. The summed E-state index contributed by atoms with van der Waals surface area (Å²) in [7, 11) is -3.92. The molecule has 0 atom stereocenters. The quantitative estimate of drug-likeness (QED) is 0.407. The zero-order valence-electron chi connectivity index (χ0n) is 21.3. The van der Waals surface area contributed by atoms with Crippen LogP contribution in [0.4, 0.5) is 16.2 Å². The second-order valence-corrected chi connectivity index (χ2v) is 13.3. The van der Waals surface area contributed by atoms with E-state index in [1.807, 2.05) is 30.3 Å². The summed E-state index contributed by atoms with van der Waals surface area (Å²) < 4.78 is 28.9. The predicted molar refractivity (Wildman–Crippen MR) is 160 cm³/mol. The smallest absolute Gasteiger partial charge is 0.290 e. The SMILES string of the molecule is O=C1NC(=O)C(=C2C(=O)N(Cc3ccc(Cl)c(Cl)c3)c3ccc(S(=O)(=O)N4CCN(c5ccccc5)CC4)cc32)S1. The molecule has 13 heteroatoms. The molecule has 3 aromatic carbocycles. The first-order valence-corrected chi connectivity index (χ1v) is 15.6. The molecular formula is C28H22Cl2N4O5S2. The van der Waals surface area contributed by atoms with Crippen molar-refractivity contribution in [3.05, 3.63) is 92.8 Å². The first-order valence-electron chi connectivity index (χ1n) is 12.6. The molecule has 0 radical (unpaired) electrons. The first-order chi connectivity index (χ1) is 19.6. The van der Waals surface area contributed by atoms with Gasteiger partial charge in [-0.15, -0.1) is 0 Å². The van der Waals surface area contributed by atoms with Crippen molar-refractivity contribution < 1.29 is 22.8 Å². The number of carbonyl (C=O) groups is 3. The average Bonchev–Trinajstić information content (AvgIpc) is 3.44. The van der Waals surface area contributed by atoms with E-state index < -0.39 is 27.1 Å². The molecule has 3 heterocycles. The van der Waals surface area contributed by atoms with E-state index in [4.69, 9.17) is 23.2 Å². The van der Waals surface area contributed by atoms with Gasteiger partial charge in [-0.25, -0.2) is 8.42 Å². The summed E-state index contributed by atoms with van der Waals surface area (Å²) >= 11 is 12.8. The van der Waals surface area contributed by atoms with E-state index in [0.29, 0.717) is 46.1 Å². The lowest BCUT2D eigenvalue weighted by Crippen LogP contribution is -2.48. The van der Waals surface area contributed by atoms with Crippen molar-refractivity contribution in [2.45, 2.75) is 11.4 Å². The summed E-state index contributed by atoms with van der Waals surface area (Å²) in [5.74, 6) is -1.22. The van der Waals surface area contributed by atoms with Crippen molar-refractivity contribution in [2.75, 3.05) is 36.0 Å². The number of anilines is 2. The number of fused-ring (bicyclic) bond motifs is 1. The van der Waals surface area contributed by atoms with Crippen LogP contribution in [-0.4, -0.2) is 56.0 Å². The van der Waals surface area contributed by atoms with Crippen LogP contribution >= 0.6 is 35.0 Å². The van der Waals surface area contributed by atoms with Crippen molar-refractivity contribution in [2.24, 2.45) is 0 Å². The maximum atomic E-state index is 13.7. The number of nitrogens with one attached hydrogen (secondary N) is 1. The molecule has 0 bridgehead atoms. The maximum absolute atomic E-state index is 13.7. The standard InChI is InChI=1S/C28H22Cl2N4O5S2/c29-21-8-6-17(14-22(21)30)16-34-23-9-7-19(15-20(23)24(27(34)36)25-26(35)31-28(37)40-25)41(38,39)33-12-10-32(11-13-33)18-4-2-1-3-5-18/h1-9,14-15H,10-13,16H2,(H,31,35,37). The van der Waals surface area contributed by atoms with E-state index >= 15 is 0 Å². The number of hydrogen-bond donors (Lipinski definition) is 1. The Morgan fingerprint density at radius 2 is 1.59 bits per heavy atom. The molecule has 0 unspecified atom stereocenters. The molecule has 0 aromatic heterocycles. The van der Waals surface area contributed by atoms with Crippen molar-refractivity contribution in [1.82, 2.24) is 9.62 Å². The molecule has 3 aliphatic rings. The fourth-order valence-corrected chi connectivity index (χ4v) is 7.66. The van der Waals surface area contributed by atoms with Gasteiger partial charge in [0.05, 0.1) is 37.7 Å². The fraction of sp³-hybridized carbons (Fsp3) is 0.179. The van der Waals surface area contributed by atoms with Gasteiger partial charge in [-0.1, -0.05) is 47.5 Å². The highest BCUT2D eigenvalue weighted by Crippen LogP contribution is 2.44. The van der Waals surface area contributed by atoms with Crippen LogP contribution < -0.4 is 15.1 Å². The van der Waals surface area contributed by atoms with Gasteiger partial charge in [-0.05, 0) is 59.8 Å². The minimum atomic E-state index is -3.92. The van der Waals surface area contributed by atoms with Gasteiger partial charge in [-0.2, -0.15) is 4.31 Å². The van der Waals surface area contributed by atoms with Crippen molar-refractivity contribution >= 4 is 79.0 Å². The lowest BCUT2D eigenvalue weighted by Gasteiger charge is -2.35. The van der Waals surface area contributed by atoms with Crippen LogP contribution in [0.2, 0.25) is 10.0 Å². The predicted octanol–water partition coefficient (Wildman–Crippen LogP) is 4.75. The molecule has 0 spiro atoms. The van der Waals surface area contributed by atoms with Crippen molar-refractivity contribution in [3.63, 3.8) is 0 Å². The Bertz CT molecular complexity index is 1740. The third-order valence-electron chi connectivity index (χ3n) is 7.15. The summed E-state index contributed by atoms with van der Waals surface area (Å²) in [5.41, 5.74) is 2.38. The minimum Gasteiger partial charge on any atom is -0.369 e. The monoisotopic (exact) mass is 628 g/mol. The van der Waals surface area contributed by atoms with Crippen LogP contribution in [0.1, 0.15) is 11.1 Å². The fourth-order valence-electron chi connectivity index (χ4n) is 5.12. The van der Waals surface area contributed by atoms with Crippen LogP contribution in [-0.2, 0) is 26.2 Å².